The number of carbonyl (C=O) groups excluding carboxylic acids is 1. The third-order valence-corrected chi connectivity index (χ3v) is 5.58. The predicted molar refractivity (Wildman–Crippen MR) is 94.4 cm³/mol. The molecule has 0 spiro atoms. The molecule has 0 radical (unpaired) electrons. The van der Waals surface area contributed by atoms with Gasteiger partial charge in [0.25, 0.3) is 0 Å². The van der Waals surface area contributed by atoms with Crippen molar-refractivity contribution in [3.05, 3.63) is 40.9 Å². The molecule has 1 aromatic carbocycles. The number of rotatable bonds is 5. The van der Waals surface area contributed by atoms with Gasteiger partial charge in [-0.25, -0.2) is 9.78 Å². The maximum Gasteiger partial charge on any atom is 0.332 e. The number of ether oxygens (including phenoxy) is 1. The zero-order chi connectivity index (χ0) is 18.0. The number of benzene rings is 1. The first-order valence-corrected chi connectivity index (χ1v) is 8.98. The van der Waals surface area contributed by atoms with Crippen molar-refractivity contribution < 1.29 is 19.4 Å². The smallest absolute Gasteiger partial charge is 0.332 e. The van der Waals surface area contributed by atoms with Gasteiger partial charge in [0.15, 0.2) is 6.10 Å². The molecule has 0 aliphatic carbocycles. The minimum atomic E-state index is -1.02. The van der Waals surface area contributed by atoms with E-state index in [4.69, 9.17) is 9.84 Å². The van der Waals surface area contributed by atoms with E-state index >= 15 is 0 Å². The van der Waals surface area contributed by atoms with Crippen molar-refractivity contribution in [2.75, 3.05) is 0 Å². The minimum Gasteiger partial charge on any atom is -0.479 e. The number of nitrogens with zero attached hydrogens (tertiary/aromatic N) is 1. The molecule has 0 bridgehead atoms. The van der Waals surface area contributed by atoms with Crippen LogP contribution in [0.3, 0.4) is 0 Å². The van der Waals surface area contributed by atoms with Crippen molar-refractivity contribution in [3.63, 3.8) is 0 Å². The number of aliphatic carboxylic acids is 1. The lowest BCUT2D eigenvalue weighted by Gasteiger charge is -2.16. The van der Waals surface area contributed by atoms with E-state index in [0.29, 0.717) is 12.8 Å². The number of thiazole rings is 1. The fourth-order valence-corrected chi connectivity index (χ4v) is 3.97. The lowest BCUT2D eigenvalue weighted by atomic mass is 10.1. The van der Waals surface area contributed by atoms with E-state index in [0.717, 1.165) is 21.1 Å². The highest BCUT2D eigenvalue weighted by Gasteiger charge is 2.35. The van der Waals surface area contributed by atoms with E-state index in [1.165, 1.54) is 0 Å². The summed E-state index contributed by atoms with van der Waals surface area (Å²) in [7, 11) is 0. The Bertz CT molecular complexity index is 775. The number of hydrogen-bond acceptors (Lipinski definition) is 5. The van der Waals surface area contributed by atoms with Crippen LogP contribution in [0.25, 0.3) is 10.6 Å². The van der Waals surface area contributed by atoms with Crippen molar-refractivity contribution in [1.82, 2.24) is 10.3 Å². The molecule has 25 heavy (non-hydrogen) atoms. The Labute approximate surface area is 149 Å². The molecule has 1 amide bonds. The number of nitrogens with one attached hydrogen (secondary N) is 1. The van der Waals surface area contributed by atoms with Crippen LogP contribution >= 0.6 is 11.3 Å². The molecule has 2 N–H and O–H groups in total. The fraction of sp³-hybridized carbons (Fsp3) is 0.389. The van der Waals surface area contributed by atoms with Gasteiger partial charge in [-0.05, 0) is 26.7 Å². The standard InChI is InChI=1S/C18H20N2O4S/c1-10(19-16(21)13-8-9-14(24-13)18(22)23)15-11(2)20-17(25-15)12-6-4-3-5-7-12/h3-7,10,13-14H,8-9H2,1-2H3,(H,19,21)(H,22,23)/t10?,13-,14+/m0/s1. The third kappa shape index (κ3) is 3.88. The van der Waals surface area contributed by atoms with Crippen molar-refractivity contribution >= 4 is 23.2 Å². The second-order valence-corrected chi connectivity index (χ2v) is 7.12. The van der Waals surface area contributed by atoms with E-state index in [1.807, 2.05) is 44.2 Å². The van der Waals surface area contributed by atoms with Crippen molar-refractivity contribution in [3.8, 4) is 10.6 Å². The van der Waals surface area contributed by atoms with Crippen LogP contribution in [0.1, 0.15) is 36.4 Å². The first kappa shape index (κ1) is 17.6. The topological polar surface area (TPSA) is 88.5 Å². The number of carboxylic acids is 1. The van der Waals surface area contributed by atoms with E-state index in [9.17, 15) is 9.59 Å². The van der Waals surface area contributed by atoms with Crippen molar-refractivity contribution in [2.24, 2.45) is 0 Å². The number of aromatic nitrogens is 1. The Morgan fingerprint density at radius 2 is 1.96 bits per heavy atom. The van der Waals surface area contributed by atoms with Gasteiger partial charge in [0.05, 0.1) is 16.6 Å². The van der Waals surface area contributed by atoms with Gasteiger partial charge in [-0.1, -0.05) is 30.3 Å². The van der Waals surface area contributed by atoms with E-state index < -0.39 is 18.2 Å². The fourth-order valence-electron chi connectivity index (χ4n) is 2.90. The van der Waals surface area contributed by atoms with Gasteiger partial charge in [-0.3, -0.25) is 4.79 Å². The van der Waals surface area contributed by atoms with Crippen LogP contribution in [0.4, 0.5) is 0 Å². The van der Waals surface area contributed by atoms with Crippen molar-refractivity contribution in [2.45, 2.75) is 44.9 Å². The van der Waals surface area contributed by atoms with Crippen LogP contribution < -0.4 is 5.32 Å². The van der Waals surface area contributed by atoms with Crippen LogP contribution in [0, 0.1) is 6.92 Å². The normalized spacial score (nSPS) is 21.0. The minimum absolute atomic E-state index is 0.213. The molecule has 1 unspecified atom stereocenters. The molecule has 7 heteroatoms. The maximum absolute atomic E-state index is 12.3. The van der Waals surface area contributed by atoms with Gasteiger partial charge in [0.2, 0.25) is 5.91 Å². The Morgan fingerprint density at radius 1 is 1.28 bits per heavy atom. The van der Waals surface area contributed by atoms with Crippen LogP contribution in [0.2, 0.25) is 0 Å². The molecule has 132 valence electrons. The quantitative estimate of drug-likeness (QED) is 0.856. The molecule has 1 saturated heterocycles. The SMILES string of the molecule is Cc1nc(-c2ccccc2)sc1C(C)NC(=O)[C@@H]1CC[C@H](C(=O)O)O1. The van der Waals surface area contributed by atoms with Crippen LogP contribution in [-0.2, 0) is 14.3 Å². The molecule has 1 fully saturated rings. The average Bonchev–Trinajstić information content (AvgIpc) is 3.22. The largest absolute Gasteiger partial charge is 0.479 e. The molecule has 2 aromatic rings. The number of carboxylic acid groups (broad SMARTS) is 1. The summed E-state index contributed by atoms with van der Waals surface area (Å²) in [5, 5.41) is 12.8. The summed E-state index contributed by atoms with van der Waals surface area (Å²) in [6.07, 6.45) is -0.808. The zero-order valence-corrected chi connectivity index (χ0v) is 14.9. The predicted octanol–water partition coefficient (Wildman–Crippen LogP) is 2.93. The summed E-state index contributed by atoms with van der Waals surface area (Å²) in [5.41, 5.74) is 1.93. The third-order valence-electron chi connectivity index (χ3n) is 4.19. The van der Waals surface area contributed by atoms with E-state index in [1.54, 1.807) is 11.3 Å². The number of hydrogen-bond donors (Lipinski definition) is 2. The molecule has 0 saturated carbocycles. The molecule has 2 heterocycles. The first-order chi connectivity index (χ1) is 12.0. The van der Waals surface area contributed by atoms with Gasteiger partial charge in [0.1, 0.15) is 11.1 Å². The van der Waals surface area contributed by atoms with Crippen LogP contribution in [0.5, 0.6) is 0 Å². The molecule has 1 aromatic heterocycles. The lowest BCUT2D eigenvalue weighted by molar-refractivity contribution is -0.151. The van der Waals surface area contributed by atoms with Gasteiger partial charge in [-0.15, -0.1) is 11.3 Å². The maximum atomic E-state index is 12.3. The number of amides is 1. The van der Waals surface area contributed by atoms with Crippen LogP contribution in [-0.4, -0.2) is 34.2 Å². The van der Waals surface area contributed by atoms with Crippen LogP contribution in [0.15, 0.2) is 30.3 Å². The van der Waals surface area contributed by atoms with E-state index in [2.05, 4.69) is 10.3 Å². The zero-order valence-electron chi connectivity index (χ0n) is 14.1. The lowest BCUT2D eigenvalue weighted by Crippen LogP contribution is -2.37. The summed E-state index contributed by atoms with van der Waals surface area (Å²) < 4.78 is 5.30. The highest BCUT2D eigenvalue weighted by molar-refractivity contribution is 7.15. The molecule has 1 aliphatic heterocycles. The Balaban J connectivity index is 1.67. The summed E-state index contributed by atoms with van der Waals surface area (Å²) in [5.74, 6) is -1.29. The number of aryl methyl sites for hydroxylation is 1. The highest BCUT2D eigenvalue weighted by Crippen LogP contribution is 2.32. The second-order valence-electron chi connectivity index (χ2n) is 6.09. The van der Waals surface area contributed by atoms with Gasteiger partial charge in [0, 0.05) is 5.56 Å². The Morgan fingerprint density at radius 3 is 2.60 bits per heavy atom. The first-order valence-electron chi connectivity index (χ1n) is 8.17. The van der Waals surface area contributed by atoms with E-state index in [-0.39, 0.29) is 11.9 Å². The van der Waals surface area contributed by atoms with Gasteiger partial charge >= 0.3 is 5.97 Å². The molecular formula is C18H20N2O4S. The average molecular weight is 360 g/mol. The molecular weight excluding hydrogens is 340 g/mol. The van der Waals surface area contributed by atoms with Gasteiger partial charge < -0.3 is 15.2 Å². The molecule has 3 rings (SSSR count). The second kappa shape index (κ2) is 7.33. The summed E-state index contributed by atoms with van der Waals surface area (Å²) >= 11 is 1.55. The Hall–Kier alpha value is -2.25. The number of carbonyl (C=O) groups is 2. The summed E-state index contributed by atoms with van der Waals surface area (Å²) in [6.45, 7) is 3.82. The highest BCUT2D eigenvalue weighted by atomic mass is 32.1. The summed E-state index contributed by atoms with van der Waals surface area (Å²) in [4.78, 5) is 28.9. The Kier molecular flexibility index (Phi) is 5.15. The monoisotopic (exact) mass is 360 g/mol. The summed E-state index contributed by atoms with van der Waals surface area (Å²) in [6, 6.07) is 9.68. The molecule has 1 aliphatic rings. The molecule has 6 nitrogen and oxygen atoms in total. The molecule has 3 atom stereocenters. The van der Waals surface area contributed by atoms with Crippen molar-refractivity contribution in [1.29, 1.82) is 0 Å². The van der Waals surface area contributed by atoms with Gasteiger partial charge in [-0.2, -0.15) is 0 Å².